The molecule has 20 heavy (non-hydrogen) atoms. The van der Waals surface area contributed by atoms with Crippen molar-refractivity contribution >= 4 is 22.8 Å². The van der Waals surface area contributed by atoms with E-state index in [2.05, 4.69) is 45.6 Å². The van der Waals surface area contributed by atoms with Crippen molar-refractivity contribution in [2.45, 2.75) is 11.7 Å². The van der Waals surface area contributed by atoms with Crippen LogP contribution in [0.4, 0.5) is 0 Å². The van der Waals surface area contributed by atoms with Gasteiger partial charge in [-0.15, -0.1) is 0 Å². The zero-order valence-electron chi connectivity index (χ0n) is 11.2. The first-order chi connectivity index (χ1) is 9.92. The number of aromatic nitrogens is 2. The van der Waals surface area contributed by atoms with Gasteiger partial charge in [0.25, 0.3) is 0 Å². The number of nitrogens with zero attached hydrogens (tertiary/aromatic N) is 1. The van der Waals surface area contributed by atoms with Crippen molar-refractivity contribution in [1.29, 1.82) is 0 Å². The lowest BCUT2D eigenvalue weighted by Crippen LogP contribution is -2.16. The summed E-state index contributed by atoms with van der Waals surface area (Å²) in [6, 6.07) is 18.6. The summed E-state index contributed by atoms with van der Waals surface area (Å²) in [5.41, 5.74) is 3.46. The van der Waals surface area contributed by atoms with Gasteiger partial charge in [-0.3, -0.25) is 0 Å². The highest BCUT2D eigenvalue weighted by Gasteiger charge is 2.01. The Morgan fingerprint density at radius 3 is 2.65 bits per heavy atom. The van der Waals surface area contributed by atoms with E-state index in [1.807, 2.05) is 24.3 Å². The molecule has 0 fully saturated rings. The lowest BCUT2D eigenvalue weighted by molar-refractivity contribution is 0.731. The molecule has 0 saturated heterocycles. The summed E-state index contributed by atoms with van der Waals surface area (Å²) < 4.78 is 0. The summed E-state index contributed by atoms with van der Waals surface area (Å²) in [7, 11) is 0. The molecule has 0 saturated carbocycles. The fourth-order valence-corrected chi connectivity index (χ4v) is 2.83. The molecule has 3 aromatic rings. The number of aromatic amines is 1. The molecule has 4 heteroatoms. The van der Waals surface area contributed by atoms with Crippen LogP contribution in [0.25, 0.3) is 11.0 Å². The van der Waals surface area contributed by atoms with Gasteiger partial charge in [0.2, 0.25) is 0 Å². The molecular weight excluding hydrogens is 266 g/mol. The number of hydrogen-bond acceptors (Lipinski definition) is 3. The van der Waals surface area contributed by atoms with Gasteiger partial charge in [-0.05, 0) is 17.7 Å². The predicted molar refractivity (Wildman–Crippen MR) is 85.0 cm³/mol. The van der Waals surface area contributed by atoms with E-state index in [0.29, 0.717) is 0 Å². The lowest BCUT2D eigenvalue weighted by atomic mass is 10.2. The van der Waals surface area contributed by atoms with Gasteiger partial charge in [0, 0.05) is 18.8 Å². The van der Waals surface area contributed by atoms with Crippen LogP contribution in [-0.4, -0.2) is 22.3 Å². The van der Waals surface area contributed by atoms with Crippen LogP contribution in [0.2, 0.25) is 0 Å². The molecule has 0 amide bonds. The average molecular weight is 283 g/mol. The maximum Gasteiger partial charge on any atom is 0.166 e. The SMILES string of the molecule is c1ccc(CNCCSc2nc3ccccc3[nH]2)cc1. The summed E-state index contributed by atoms with van der Waals surface area (Å²) >= 11 is 1.75. The number of nitrogens with one attached hydrogen (secondary N) is 2. The van der Waals surface area contributed by atoms with Gasteiger partial charge in [-0.2, -0.15) is 0 Å². The molecule has 0 aliphatic heterocycles. The highest BCUT2D eigenvalue weighted by Crippen LogP contribution is 2.18. The topological polar surface area (TPSA) is 40.7 Å². The third-order valence-electron chi connectivity index (χ3n) is 3.06. The summed E-state index contributed by atoms with van der Waals surface area (Å²) in [5, 5.41) is 4.44. The number of para-hydroxylation sites is 2. The lowest BCUT2D eigenvalue weighted by Gasteiger charge is -2.03. The molecule has 0 aliphatic rings. The minimum atomic E-state index is 0.918. The molecule has 1 heterocycles. The van der Waals surface area contributed by atoms with Gasteiger partial charge in [0.15, 0.2) is 5.16 Å². The standard InChI is InChI=1S/C16H17N3S/c1-2-6-13(7-3-1)12-17-10-11-20-16-18-14-8-4-5-9-15(14)19-16/h1-9,17H,10-12H2,(H,18,19). The Hall–Kier alpha value is -1.78. The van der Waals surface area contributed by atoms with Crippen LogP contribution in [0.15, 0.2) is 59.8 Å². The largest absolute Gasteiger partial charge is 0.333 e. The highest BCUT2D eigenvalue weighted by atomic mass is 32.2. The van der Waals surface area contributed by atoms with Crippen molar-refractivity contribution in [1.82, 2.24) is 15.3 Å². The molecule has 0 radical (unpaired) electrons. The smallest absolute Gasteiger partial charge is 0.166 e. The normalized spacial score (nSPS) is 11.0. The number of fused-ring (bicyclic) bond motifs is 1. The van der Waals surface area contributed by atoms with Gasteiger partial charge in [0.05, 0.1) is 11.0 Å². The van der Waals surface area contributed by atoms with Crippen LogP contribution in [-0.2, 0) is 6.54 Å². The van der Waals surface area contributed by atoms with Gasteiger partial charge >= 0.3 is 0 Å². The van der Waals surface area contributed by atoms with Gasteiger partial charge in [-0.1, -0.05) is 54.2 Å². The van der Waals surface area contributed by atoms with Crippen molar-refractivity contribution in [3.8, 4) is 0 Å². The molecule has 1 aromatic heterocycles. The van der Waals surface area contributed by atoms with E-state index in [1.165, 1.54) is 5.56 Å². The van der Waals surface area contributed by atoms with Crippen LogP contribution in [0.3, 0.4) is 0 Å². The second kappa shape index (κ2) is 6.59. The van der Waals surface area contributed by atoms with Gasteiger partial charge in [0.1, 0.15) is 0 Å². The molecule has 3 rings (SSSR count). The first-order valence-corrected chi connectivity index (χ1v) is 7.72. The van der Waals surface area contributed by atoms with Crippen LogP contribution in [0.1, 0.15) is 5.56 Å². The molecule has 3 nitrogen and oxygen atoms in total. The Morgan fingerprint density at radius 1 is 1.00 bits per heavy atom. The Morgan fingerprint density at radius 2 is 1.80 bits per heavy atom. The van der Waals surface area contributed by atoms with E-state index < -0.39 is 0 Å². The van der Waals surface area contributed by atoms with Crippen molar-refractivity contribution in [3.63, 3.8) is 0 Å². The molecule has 2 aromatic carbocycles. The monoisotopic (exact) mass is 283 g/mol. The molecule has 102 valence electrons. The van der Waals surface area contributed by atoms with Crippen LogP contribution >= 0.6 is 11.8 Å². The van der Waals surface area contributed by atoms with Gasteiger partial charge < -0.3 is 10.3 Å². The van der Waals surface area contributed by atoms with Gasteiger partial charge in [-0.25, -0.2) is 4.98 Å². The number of thioether (sulfide) groups is 1. The summed E-state index contributed by atoms with van der Waals surface area (Å²) in [4.78, 5) is 7.88. The number of rotatable bonds is 6. The molecule has 0 aliphatic carbocycles. The van der Waals surface area contributed by atoms with E-state index in [4.69, 9.17) is 0 Å². The molecule has 0 atom stereocenters. The van der Waals surface area contributed by atoms with E-state index >= 15 is 0 Å². The maximum absolute atomic E-state index is 4.55. The Bertz CT molecular complexity index is 631. The fourth-order valence-electron chi connectivity index (χ4n) is 2.05. The molecule has 2 N–H and O–H groups in total. The van der Waals surface area contributed by atoms with Crippen molar-refractivity contribution in [2.75, 3.05) is 12.3 Å². The van der Waals surface area contributed by atoms with Crippen LogP contribution < -0.4 is 5.32 Å². The van der Waals surface area contributed by atoms with E-state index in [-0.39, 0.29) is 0 Å². The minimum absolute atomic E-state index is 0.918. The summed E-state index contributed by atoms with van der Waals surface area (Å²) in [6.45, 7) is 1.89. The van der Waals surface area contributed by atoms with E-state index in [1.54, 1.807) is 11.8 Å². The Kier molecular flexibility index (Phi) is 4.35. The summed E-state index contributed by atoms with van der Waals surface area (Å²) in [6.07, 6.45) is 0. The Labute approximate surface area is 122 Å². The molecule has 0 unspecified atom stereocenters. The maximum atomic E-state index is 4.55. The average Bonchev–Trinajstić information content (AvgIpc) is 2.90. The number of imidazole rings is 1. The van der Waals surface area contributed by atoms with Crippen molar-refractivity contribution in [2.24, 2.45) is 0 Å². The second-order valence-electron chi connectivity index (χ2n) is 4.57. The molecule has 0 spiro atoms. The number of H-pyrrole nitrogens is 1. The molecular formula is C16H17N3S. The van der Waals surface area contributed by atoms with Crippen LogP contribution in [0, 0.1) is 0 Å². The second-order valence-corrected chi connectivity index (χ2v) is 5.65. The zero-order valence-corrected chi connectivity index (χ0v) is 12.0. The quantitative estimate of drug-likeness (QED) is 0.538. The fraction of sp³-hybridized carbons (Fsp3) is 0.188. The Balaban J connectivity index is 1.43. The molecule has 0 bridgehead atoms. The predicted octanol–water partition coefficient (Wildman–Crippen LogP) is 3.44. The third-order valence-corrected chi connectivity index (χ3v) is 3.93. The number of benzene rings is 2. The highest BCUT2D eigenvalue weighted by molar-refractivity contribution is 7.99. The number of hydrogen-bond donors (Lipinski definition) is 2. The van der Waals surface area contributed by atoms with E-state index in [0.717, 1.165) is 35.0 Å². The zero-order chi connectivity index (χ0) is 13.6. The third kappa shape index (κ3) is 3.40. The first kappa shape index (κ1) is 13.2. The van der Waals surface area contributed by atoms with E-state index in [9.17, 15) is 0 Å². The van der Waals surface area contributed by atoms with Crippen molar-refractivity contribution in [3.05, 3.63) is 60.2 Å². The van der Waals surface area contributed by atoms with Crippen LogP contribution in [0.5, 0.6) is 0 Å². The summed E-state index contributed by atoms with van der Waals surface area (Å²) in [5.74, 6) is 1.01. The van der Waals surface area contributed by atoms with Crippen molar-refractivity contribution < 1.29 is 0 Å². The minimum Gasteiger partial charge on any atom is -0.333 e. The first-order valence-electron chi connectivity index (χ1n) is 6.74.